The Bertz CT molecular complexity index is 1720. The predicted molar refractivity (Wildman–Crippen MR) is 137 cm³/mol. The van der Waals surface area contributed by atoms with Crippen molar-refractivity contribution in [2.75, 3.05) is 7.11 Å². The number of carboxylic acid groups (broad SMARTS) is 1. The fraction of sp³-hybridized carbons (Fsp3) is 0.111. The second kappa shape index (κ2) is 10.6. The molecule has 5 aromatic rings. The number of methoxy groups -OCH3 is 1. The third-order valence-corrected chi connectivity index (χ3v) is 5.46. The number of carboxylic acids is 1. The van der Waals surface area contributed by atoms with E-state index >= 15 is 0 Å². The summed E-state index contributed by atoms with van der Waals surface area (Å²) in [6, 6.07) is 17.7. The number of aryl methyl sites for hydroxylation is 1. The van der Waals surface area contributed by atoms with Crippen LogP contribution in [0.1, 0.15) is 17.1 Å². The van der Waals surface area contributed by atoms with Crippen LogP contribution in [0.4, 0.5) is 13.2 Å². The lowest BCUT2D eigenvalue weighted by molar-refractivity contribution is -0.192. The lowest BCUT2D eigenvalue weighted by atomic mass is 10.1. The summed E-state index contributed by atoms with van der Waals surface area (Å²) in [7, 11) is 1.64. The Morgan fingerprint density at radius 1 is 1.08 bits per heavy atom. The van der Waals surface area contributed by atoms with Gasteiger partial charge in [-0.15, -0.1) is 0 Å². The molecule has 0 aliphatic rings. The van der Waals surface area contributed by atoms with E-state index in [4.69, 9.17) is 14.6 Å². The van der Waals surface area contributed by atoms with E-state index in [2.05, 4.69) is 15.0 Å². The first-order valence-electron chi connectivity index (χ1n) is 11.1. The lowest BCUT2D eigenvalue weighted by Gasteiger charge is -2.10. The molecule has 194 valence electrons. The van der Waals surface area contributed by atoms with Crippen molar-refractivity contribution in [2.45, 2.75) is 13.1 Å². The predicted octanol–water partition coefficient (Wildman–Crippen LogP) is 5.38. The van der Waals surface area contributed by atoms with Gasteiger partial charge in [0, 0.05) is 6.20 Å². The van der Waals surface area contributed by atoms with Crippen LogP contribution in [-0.4, -0.2) is 43.9 Å². The molecule has 0 atom stereocenters. The van der Waals surface area contributed by atoms with Gasteiger partial charge in [0.15, 0.2) is 0 Å². The number of aromatic nitrogens is 4. The topological polar surface area (TPSA) is 110 Å². The summed E-state index contributed by atoms with van der Waals surface area (Å²) in [4.78, 5) is 33.2. The number of nitrogens with zero attached hydrogens (tertiary/aromatic N) is 3. The maximum Gasteiger partial charge on any atom is 0.490 e. The minimum absolute atomic E-state index is 0.154. The number of rotatable bonds is 4. The van der Waals surface area contributed by atoms with Gasteiger partial charge >= 0.3 is 12.1 Å². The summed E-state index contributed by atoms with van der Waals surface area (Å²) in [6.45, 7) is 1.94. The van der Waals surface area contributed by atoms with Crippen molar-refractivity contribution < 1.29 is 27.8 Å². The SMILES string of the molecule is COc1cc(C=Cc2nc3cc4ccccc4cc3c(=O)[nH]2)ccc1-n1cnc(C)c1.O=C(O)C(F)(F)F. The molecule has 0 aliphatic carbocycles. The molecule has 0 amide bonds. The fourth-order valence-electron chi connectivity index (χ4n) is 3.66. The van der Waals surface area contributed by atoms with Crippen molar-refractivity contribution >= 4 is 39.8 Å². The quantitative estimate of drug-likeness (QED) is 0.307. The number of aromatic amines is 1. The summed E-state index contributed by atoms with van der Waals surface area (Å²) < 4.78 is 39.2. The smallest absolute Gasteiger partial charge is 0.490 e. The Morgan fingerprint density at radius 2 is 1.76 bits per heavy atom. The molecule has 3 aromatic carbocycles. The van der Waals surface area contributed by atoms with Crippen molar-refractivity contribution in [2.24, 2.45) is 0 Å². The Labute approximate surface area is 213 Å². The number of imidazole rings is 1. The number of benzene rings is 3. The number of hydrogen-bond donors (Lipinski definition) is 2. The van der Waals surface area contributed by atoms with Crippen molar-refractivity contribution in [3.05, 3.63) is 94.6 Å². The number of aliphatic carboxylic acids is 1. The first-order valence-corrected chi connectivity index (χ1v) is 11.1. The third-order valence-electron chi connectivity index (χ3n) is 5.46. The molecule has 5 rings (SSSR count). The van der Waals surface area contributed by atoms with Crippen LogP contribution in [0.15, 0.2) is 71.9 Å². The van der Waals surface area contributed by atoms with Crippen LogP contribution >= 0.6 is 0 Å². The third kappa shape index (κ3) is 5.89. The van der Waals surface area contributed by atoms with E-state index < -0.39 is 12.1 Å². The zero-order valence-electron chi connectivity index (χ0n) is 20.2. The zero-order valence-corrected chi connectivity index (χ0v) is 20.2. The van der Waals surface area contributed by atoms with Gasteiger partial charge < -0.3 is 19.4 Å². The maximum atomic E-state index is 12.6. The molecular weight excluding hydrogens is 501 g/mol. The summed E-state index contributed by atoms with van der Waals surface area (Å²) in [6.07, 6.45) is 2.32. The van der Waals surface area contributed by atoms with E-state index in [1.165, 1.54) is 0 Å². The molecule has 8 nitrogen and oxygen atoms in total. The minimum atomic E-state index is -5.08. The van der Waals surface area contributed by atoms with Crippen LogP contribution < -0.4 is 10.3 Å². The average molecular weight is 522 g/mol. The maximum absolute atomic E-state index is 12.6. The van der Waals surface area contributed by atoms with Crippen LogP contribution in [0.25, 0.3) is 39.5 Å². The Hall–Kier alpha value is -4.93. The van der Waals surface area contributed by atoms with Gasteiger partial charge in [0.2, 0.25) is 0 Å². The lowest BCUT2D eigenvalue weighted by Crippen LogP contribution is -2.21. The van der Waals surface area contributed by atoms with E-state index in [-0.39, 0.29) is 5.56 Å². The fourth-order valence-corrected chi connectivity index (χ4v) is 3.66. The average Bonchev–Trinajstić information content (AvgIpc) is 3.32. The van der Waals surface area contributed by atoms with Crippen LogP contribution in [0.2, 0.25) is 0 Å². The van der Waals surface area contributed by atoms with E-state index in [0.29, 0.717) is 16.7 Å². The van der Waals surface area contributed by atoms with Crippen molar-refractivity contribution in [3.63, 3.8) is 0 Å². The molecule has 2 heterocycles. The standard InChI is InChI=1S/C25H20N4O2.C2HF3O2/c1-16-14-29(15-26-16)22-9-7-17(11-23(22)31-2)8-10-24-27-21-13-19-6-4-3-5-18(19)12-20(21)25(30)28-24;3-2(4,5)1(6)7/h3-15H,1-2H3,(H,27,28,30);(H,6,7). The van der Waals surface area contributed by atoms with Gasteiger partial charge in [-0.1, -0.05) is 36.4 Å². The van der Waals surface area contributed by atoms with Crippen LogP contribution in [0.5, 0.6) is 5.75 Å². The van der Waals surface area contributed by atoms with E-state index in [1.54, 1.807) is 19.5 Å². The van der Waals surface area contributed by atoms with E-state index in [9.17, 15) is 18.0 Å². The monoisotopic (exact) mass is 522 g/mol. The largest absolute Gasteiger partial charge is 0.495 e. The number of halogens is 3. The first-order chi connectivity index (χ1) is 18.0. The molecule has 0 fully saturated rings. The van der Waals surface area contributed by atoms with Crippen LogP contribution in [0, 0.1) is 6.92 Å². The number of carbonyl (C=O) groups is 1. The Morgan fingerprint density at radius 3 is 2.37 bits per heavy atom. The highest BCUT2D eigenvalue weighted by Crippen LogP contribution is 2.25. The number of nitrogens with one attached hydrogen (secondary N) is 1. The summed E-state index contributed by atoms with van der Waals surface area (Å²) in [5, 5.41) is 9.78. The highest BCUT2D eigenvalue weighted by molar-refractivity contribution is 5.96. The number of fused-ring (bicyclic) bond motifs is 2. The van der Waals surface area contributed by atoms with Crippen LogP contribution in [0.3, 0.4) is 0 Å². The molecule has 38 heavy (non-hydrogen) atoms. The second-order valence-electron chi connectivity index (χ2n) is 8.16. The number of alkyl halides is 3. The Kier molecular flexibility index (Phi) is 7.28. The number of ether oxygens (including phenoxy) is 1. The summed E-state index contributed by atoms with van der Waals surface area (Å²) in [5.74, 6) is -1.53. The van der Waals surface area contributed by atoms with Crippen LogP contribution in [-0.2, 0) is 4.79 Å². The van der Waals surface area contributed by atoms with E-state index in [0.717, 1.165) is 33.5 Å². The van der Waals surface area contributed by atoms with Gasteiger partial charge in [-0.05, 0) is 53.6 Å². The summed E-state index contributed by atoms with van der Waals surface area (Å²) in [5.41, 5.74) is 3.29. The molecular formula is C27H21F3N4O4. The minimum Gasteiger partial charge on any atom is -0.495 e. The zero-order chi connectivity index (χ0) is 27.4. The molecule has 0 aliphatic heterocycles. The molecule has 2 aromatic heterocycles. The molecule has 0 unspecified atom stereocenters. The van der Waals surface area contributed by atoms with Gasteiger partial charge in [0.05, 0.1) is 35.7 Å². The highest BCUT2D eigenvalue weighted by Gasteiger charge is 2.38. The molecule has 0 saturated carbocycles. The van der Waals surface area contributed by atoms with Gasteiger partial charge in [-0.2, -0.15) is 13.2 Å². The molecule has 11 heteroatoms. The summed E-state index contributed by atoms with van der Waals surface area (Å²) >= 11 is 0. The van der Waals surface area contributed by atoms with Crippen molar-refractivity contribution in [1.29, 1.82) is 0 Å². The van der Waals surface area contributed by atoms with Crippen molar-refractivity contribution in [1.82, 2.24) is 19.5 Å². The molecule has 0 radical (unpaired) electrons. The van der Waals surface area contributed by atoms with Crippen molar-refractivity contribution in [3.8, 4) is 11.4 Å². The molecule has 2 N–H and O–H groups in total. The molecule has 0 saturated heterocycles. The van der Waals surface area contributed by atoms with E-state index in [1.807, 2.05) is 78.4 Å². The van der Waals surface area contributed by atoms with Gasteiger partial charge in [-0.25, -0.2) is 14.8 Å². The second-order valence-corrected chi connectivity index (χ2v) is 8.16. The number of hydrogen-bond acceptors (Lipinski definition) is 5. The molecule has 0 bridgehead atoms. The Balaban J connectivity index is 0.000000426. The normalized spacial score (nSPS) is 11.5. The molecule has 0 spiro atoms. The van der Waals surface area contributed by atoms with Gasteiger partial charge in [-0.3, -0.25) is 4.79 Å². The highest BCUT2D eigenvalue weighted by atomic mass is 19.4. The first kappa shape index (κ1) is 26.1. The van der Waals surface area contributed by atoms with Gasteiger partial charge in [0.25, 0.3) is 5.56 Å². The number of H-pyrrole nitrogens is 1. The van der Waals surface area contributed by atoms with Gasteiger partial charge in [0.1, 0.15) is 11.6 Å².